The second-order valence-corrected chi connectivity index (χ2v) is 8.07. The first-order valence-corrected chi connectivity index (χ1v) is 10.6. The van der Waals surface area contributed by atoms with Crippen LogP contribution in [0.3, 0.4) is 0 Å². The summed E-state index contributed by atoms with van der Waals surface area (Å²) in [6.07, 6.45) is 7.71. The number of allylic oxidation sites excluding steroid dienone is 2. The molecule has 7 nitrogen and oxygen atoms in total. The van der Waals surface area contributed by atoms with Gasteiger partial charge in [0.1, 0.15) is 0 Å². The van der Waals surface area contributed by atoms with Gasteiger partial charge in [0.05, 0.1) is 24.1 Å². The summed E-state index contributed by atoms with van der Waals surface area (Å²) in [5.74, 6) is 1.11. The minimum atomic E-state index is -0.106. The van der Waals surface area contributed by atoms with Crippen LogP contribution in [0.1, 0.15) is 31.0 Å². The zero-order valence-electron chi connectivity index (χ0n) is 17.1. The number of nitrogens with one attached hydrogen (secondary N) is 2. The molecule has 4 unspecified atom stereocenters. The molecule has 2 bridgehead atoms. The number of nitrogens with zero attached hydrogens (tertiary/aromatic N) is 3. The lowest BCUT2D eigenvalue weighted by molar-refractivity contribution is -0.140. The number of pyridine rings is 1. The highest BCUT2D eigenvalue weighted by atomic mass is 16.2. The van der Waals surface area contributed by atoms with E-state index in [1.54, 1.807) is 6.20 Å². The summed E-state index contributed by atoms with van der Waals surface area (Å²) in [6, 6.07) is 3.95. The predicted octanol–water partition coefficient (Wildman–Crippen LogP) is 1.64. The number of guanidine groups is 1. The smallest absolute Gasteiger partial charge is 0.233 e. The molecule has 1 saturated carbocycles. The molecule has 0 radical (unpaired) electrons. The maximum absolute atomic E-state index is 12.7. The van der Waals surface area contributed by atoms with Gasteiger partial charge in [0.25, 0.3) is 0 Å². The highest BCUT2D eigenvalue weighted by Crippen LogP contribution is 2.52. The van der Waals surface area contributed by atoms with Gasteiger partial charge in [0.15, 0.2) is 5.96 Å². The van der Waals surface area contributed by atoms with Gasteiger partial charge in [-0.2, -0.15) is 0 Å². The molecule has 0 spiro atoms. The Bertz CT molecular complexity index is 819. The Balaban J connectivity index is 1.28. The normalized spacial score (nSPS) is 27.7. The average Bonchev–Trinajstić information content (AvgIpc) is 3.39. The van der Waals surface area contributed by atoms with Crippen molar-refractivity contribution in [1.82, 2.24) is 20.5 Å². The van der Waals surface area contributed by atoms with Gasteiger partial charge in [-0.15, -0.1) is 0 Å². The summed E-state index contributed by atoms with van der Waals surface area (Å²) in [7, 11) is 0. The lowest BCUT2D eigenvalue weighted by atomic mass is 9.85. The third-order valence-electron chi connectivity index (χ3n) is 6.26. The number of hydrogen-bond donors (Lipinski definition) is 2. The van der Waals surface area contributed by atoms with Crippen molar-refractivity contribution in [3.63, 3.8) is 0 Å². The molecule has 2 amide bonds. The summed E-state index contributed by atoms with van der Waals surface area (Å²) in [6.45, 7) is 6.42. The molecule has 1 aromatic rings. The van der Waals surface area contributed by atoms with Crippen molar-refractivity contribution in [3.05, 3.63) is 41.7 Å². The number of imide groups is 1. The van der Waals surface area contributed by atoms with Crippen LogP contribution in [0.4, 0.5) is 0 Å². The molecule has 29 heavy (non-hydrogen) atoms. The van der Waals surface area contributed by atoms with E-state index in [2.05, 4.69) is 32.8 Å². The van der Waals surface area contributed by atoms with Gasteiger partial charge in [-0.3, -0.25) is 19.5 Å². The van der Waals surface area contributed by atoms with E-state index in [4.69, 9.17) is 0 Å². The predicted molar refractivity (Wildman–Crippen MR) is 111 cm³/mol. The van der Waals surface area contributed by atoms with E-state index in [1.807, 2.05) is 26.0 Å². The van der Waals surface area contributed by atoms with E-state index in [1.165, 1.54) is 4.90 Å². The Morgan fingerprint density at radius 1 is 1.21 bits per heavy atom. The number of carbonyl (C=O) groups excluding carboxylic acids is 2. The fraction of sp³-hybridized carbons (Fsp3) is 0.545. The van der Waals surface area contributed by atoms with Crippen LogP contribution in [-0.4, -0.2) is 47.3 Å². The lowest BCUT2D eigenvalue weighted by Gasteiger charge is -2.18. The minimum absolute atomic E-state index is 0.0306. The van der Waals surface area contributed by atoms with Crippen LogP contribution in [0, 0.1) is 30.6 Å². The summed E-state index contributed by atoms with van der Waals surface area (Å²) >= 11 is 0. The van der Waals surface area contributed by atoms with E-state index in [-0.39, 0.29) is 35.5 Å². The van der Waals surface area contributed by atoms with Gasteiger partial charge in [-0.05, 0) is 50.2 Å². The number of amides is 2. The SMILES string of the molecule is CCNC(=NCc1ncccc1C)NCCCN1C(=O)C2C3C=CC(C3)C2C1=O. The fourth-order valence-electron chi connectivity index (χ4n) is 4.81. The largest absolute Gasteiger partial charge is 0.357 e. The molecule has 2 N–H and O–H groups in total. The molecular weight excluding hydrogens is 366 g/mol. The third-order valence-corrected chi connectivity index (χ3v) is 6.26. The zero-order chi connectivity index (χ0) is 20.4. The first-order chi connectivity index (χ1) is 14.1. The maximum Gasteiger partial charge on any atom is 0.233 e. The van der Waals surface area contributed by atoms with Crippen molar-refractivity contribution in [2.75, 3.05) is 19.6 Å². The quantitative estimate of drug-likeness (QED) is 0.241. The van der Waals surface area contributed by atoms with Gasteiger partial charge in [-0.1, -0.05) is 18.2 Å². The molecule has 154 valence electrons. The van der Waals surface area contributed by atoms with Crippen molar-refractivity contribution < 1.29 is 9.59 Å². The van der Waals surface area contributed by atoms with Crippen LogP contribution in [0.2, 0.25) is 0 Å². The zero-order valence-corrected chi connectivity index (χ0v) is 17.1. The van der Waals surface area contributed by atoms with Crippen molar-refractivity contribution in [3.8, 4) is 0 Å². The fourth-order valence-corrected chi connectivity index (χ4v) is 4.81. The van der Waals surface area contributed by atoms with Crippen LogP contribution < -0.4 is 10.6 Å². The van der Waals surface area contributed by atoms with Crippen LogP contribution in [0.15, 0.2) is 35.5 Å². The number of rotatable bonds is 7. The summed E-state index contributed by atoms with van der Waals surface area (Å²) in [5, 5.41) is 6.52. The molecule has 0 aromatic carbocycles. The summed E-state index contributed by atoms with van der Waals surface area (Å²) in [4.78, 5) is 35.9. The van der Waals surface area contributed by atoms with Gasteiger partial charge in [-0.25, -0.2) is 4.99 Å². The van der Waals surface area contributed by atoms with Crippen LogP contribution in [0.5, 0.6) is 0 Å². The second kappa shape index (κ2) is 8.35. The molecular formula is C22H29N5O2. The van der Waals surface area contributed by atoms with Crippen molar-refractivity contribution in [1.29, 1.82) is 0 Å². The Morgan fingerprint density at radius 3 is 2.59 bits per heavy atom. The number of likely N-dealkylation sites (tertiary alicyclic amines) is 1. The van der Waals surface area contributed by atoms with E-state index in [9.17, 15) is 9.59 Å². The molecule has 3 aliphatic rings. The van der Waals surface area contributed by atoms with Gasteiger partial charge >= 0.3 is 0 Å². The third kappa shape index (κ3) is 3.78. The Kier molecular flexibility index (Phi) is 5.65. The van der Waals surface area contributed by atoms with E-state index < -0.39 is 0 Å². The molecule has 4 atom stereocenters. The molecule has 4 rings (SSSR count). The number of hydrogen-bond acceptors (Lipinski definition) is 4. The molecule has 1 saturated heterocycles. The summed E-state index contributed by atoms with van der Waals surface area (Å²) < 4.78 is 0. The minimum Gasteiger partial charge on any atom is -0.357 e. The average molecular weight is 396 g/mol. The molecule has 7 heteroatoms. The number of fused-ring (bicyclic) bond motifs is 5. The van der Waals surface area contributed by atoms with Crippen molar-refractivity contribution in [2.24, 2.45) is 28.7 Å². The van der Waals surface area contributed by atoms with E-state index >= 15 is 0 Å². The Labute approximate surface area is 171 Å². The molecule has 1 aliphatic heterocycles. The number of aliphatic imine (C=N–C) groups is 1. The number of aromatic nitrogens is 1. The molecule has 2 aliphatic carbocycles. The second-order valence-electron chi connectivity index (χ2n) is 8.07. The summed E-state index contributed by atoms with van der Waals surface area (Å²) in [5.41, 5.74) is 2.07. The molecule has 2 heterocycles. The first kappa shape index (κ1) is 19.6. The lowest BCUT2D eigenvalue weighted by Crippen LogP contribution is -2.40. The van der Waals surface area contributed by atoms with Crippen LogP contribution >= 0.6 is 0 Å². The Hall–Kier alpha value is -2.70. The van der Waals surface area contributed by atoms with Gasteiger partial charge in [0, 0.05) is 25.8 Å². The highest BCUT2D eigenvalue weighted by molar-refractivity contribution is 6.06. The van der Waals surface area contributed by atoms with Crippen LogP contribution in [0.25, 0.3) is 0 Å². The molecule has 2 fully saturated rings. The van der Waals surface area contributed by atoms with E-state index in [0.717, 1.165) is 30.2 Å². The van der Waals surface area contributed by atoms with Crippen molar-refractivity contribution in [2.45, 2.75) is 33.2 Å². The Morgan fingerprint density at radius 2 is 1.93 bits per heavy atom. The van der Waals surface area contributed by atoms with Crippen LogP contribution in [-0.2, 0) is 16.1 Å². The standard InChI is InChI=1S/C22H29N5O2/c1-3-23-22(26-13-17-14(2)6-4-9-24-17)25-10-5-11-27-20(28)18-15-7-8-16(12-15)19(18)21(27)29/h4,6-9,15-16,18-19H,3,5,10-13H2,1-2H3,(H2,23,25,26). The monoisotopic (exact) mass is 395 g/mol. The van der Waals surface area contributed by atoms with E-state index in [0.29, 0.717) is 26.1 Å². The van der Waals surface area contributed by atoms with Gasteiger partial charge in [0.2, 0.25) is 11.8 Å². The number of carbonyl (C=O) groups is 2. The highest BCUT2D eigenvalue weighted by Gasteiger charge is 2.58. The maximum atomic E-state index is 12.7. The first-order valence-electron chi connectivity index (χ1n) is 10.6. The number of aryl methyl sites for hydroxylation is 1. The molecule has 1 aromatic heterocycles. The topological polar surface area (TPSA) is 86.7 Å². The van der Waals surface area contributed by atoms with Gasteiger partial charge < -0.3 is 10.6 Å². The van der Waals surface area contributed by atoms with Crippen molar-refractivity contribution >= 4 is 17.8 Å².